The first kappa shape index (κ1) is 21.0. The first-order valence-electron chi connectivity index (χ1n) is 7.16. The Hall–Kier alpha value is -0.0000000000000000416. The number of hydrogen-bond acceptors (Lipinski definition) is 4. The first-order valence-corrected chi connectivity index (χ1v) is 10.2. The Labute approximate surface area is 126 Å². The number of phosphoric acid groups is 2. The number of rotatable bonds is 13. The van der Waals surface area contributed by atoms with Crippen molar-refractivity contribution < 1.29 is 32.6 Å². The van der Waals surface area contributed by atoms with Crippen molar-refractivity contribution in [2.75, 3.05) is 6.61 Å². The first-order chi connectivity index (χ1) is 9.77. The molecule has 7 nitrogen and oxygen atoms in total. The molecule has 0 aliphatic rings. The molecule has 0 aromatic rings. The van der Waals surface area contributed by atoms with Crippen molar-refractivity contribution in [1.82, 2.24) is 0 Å². The number of unbranched alkanes of at least 4 members (excludes halogenated alkanes) is 7. The maximum absolute atomic E-state index is 11.1. The standard InChI is InChI=1S/C12H26O7P2/c1-2-3-4-5-6-7-8-9-10-11-12-18-21(16,17)19-20(13,14)15/h10-11H,2-9,12H2,1H3,(H,16,17)(H2,13,14,15)/b11-10+. The van der Waals surface area contributed by atoms with Crippen LogP contribution < -0.4 is 0 Å². The van der Waals surface area contributed by atoms with E-state index < -0.39 is 15.6 Å². The van der Waals surface area contributed by atoms with E-state index in [-0.39, 0.29) is 6.61 Å². The molecule has 0 amide bonds. The molecular weight excluding hydrogens is 318 g/mol. The molecule has 0 aliphatic heterocycles. The fraction of sp³-hybridized carbons (Fsp3) is 0.833. The number of phosphoric ester groups is 1. The van der Waals surface area contributed by atoms with Crippen LogP contribution in [-0.2, 0) is 18.0 Å². The summed E-state index contributed by atoms with van der Waals surface area (Å²) in [7, 11) is -9.74. The highest BCUT2D eigenvalue weighted by Crippen LogP contribution is 2.57. The van der Waals surface area contributed by atoms with Gasteiger partial charge in [-0.1, -0.05) is 57.6 Å². The van der Waals surface area contributed by atoms with Crippen molar-refractivity contribution >= 4 is 15.6 Å². The Kier molecular flexibility index (Phi) is 11.6. The van der Waals surface area contributed by atoms with Gasteiger partial charge in [0.2, 0.25) is 0 Å². The van der Waals surface area contributed by atoms with Gasteiger partial charge in [-0.3, -0.25) is 4.52 Å². The smallest absolute Gasteiger partial charge is 0.302 e. The lowest BCUT2D eigenvalue weighted by molar-refractivity contribution is 0.191. The van der Waals surface area contributed by atoms with Crippen LogP contribution in [0.2, 0.25) is 0 Å². The van der Waals surface area contributed by atoms with Gasteiger partial charge < -0.3 is 14.7 Å². The van der Waals surface area contributed by atoms with Crippen molar-refractivity contribution in [1.29, 1.82) is 0 Å². The average molecular weight is 344 g/mol. The minimum Gasteiger partial charge on any atom is -0.302 e. The molecule has 1 unspecified atom stereocenters. The van der Waals surface area contributed by atoms with Crippen LogP contribution in [0.5, 0.6) is 0 Å². The summed E-state index contributed by atoms with van der Waals surface area (Å²) < 4.78 is 29.5. The van der Waals surface area contributed by atoms with Crippen LogP contribution in [0.4, 0.5) is 0 Å². The maximum atomic E-state index is 11.1. The fourth-order valence-corrected chi connectivity index (χ4v) is 3.24. The summed E-state index contributed by atoms with van der Waals surface area (Å²) in [4.78, 5) is 25.8. The van der Waals surface area contributed by atoms with Crippen LogP contribution in [0.3, 0.4) is 0 Å². The lowest BCUT2D eigenvalue weighted by Gasteiger charge is -2.10. The maximum Gasteiger partial charge on any atom is 0.481 e. The molecule has 0 bridgehead atoms. The van der Waals surface area contributed by atoms with Crippen LogP contribution in [0.15, 0.2) is 12.2 Å². The predicted molar refractivity (Wildman–Crippen MR) is 80.7 cm³/mol. The summed E-state index contributed by atoms with van der Waals surface area (Å²) in [5.41, 5.74) is 0. The summed E-state index contributed by atoms with van der Waals surface area (Å²) in [5, 5.41) is 0. The van der Waals surface area contributed by atoms with E-state index in [1.165, 1.54) is 38.2 Å². The molecule has 0 aromatic heterocycles. The summed E-state index contributed by atoms with van der Waals surface area (Å²) in [6, 6.07) is 0. The Morgan fingerprint density at radius 1 is 0.905 bits per heavy atom. The van der Waals surface area contributed by atoms with Gasteiger partial charge in [0.1, 0.15) is 0 Å². The second-order valence-corrected chi connectivity index (χ2v) is 7.55. The number of allylic oxidation sites excluding steroid dienone is 1. The molecule has 0 radical (unpaired) electrons. The zero-order valence-corrected chi connectivity index (χ0v) is 14.2. The minimum atomic E-state index is -5.03. The second kappa shape index (κ2) is 11.6. The van der Waals surface area contributed by atoms with Gasteiger partial charge in [-0.05, 0) is 12.8 Å². The molecule has 0 aromatic carbocycles. The van der Waals surface area contributed by atoms with Gasteiger partial charge in [0, 0.05) is 0 Å². The average Bonchev–Trinajstić information content (AvgIpc) is 2.33. The van der Waals surface area contributed by atoms with Gasteiger partial charge in [-0.25, -0.2) is 9.13 Å². The molecule has 0 rings (SSSR count). The second-order valence-electron chi connectivity index (χ2n) is 4.72. The van der Waals surface area contributed by atoms with Gasteiger partial charge in [0.15, 0.2) is 0 Å². The Morgan fingerprint density at radius 3 is 2.05 bits per heavy atom. The molecule has 21 heavy (non-hydrogen) atoms. The quantitative estimate of drug-likeness (QED) is 0.264. The molecule has 0 aliphatic carbocycles. The van der Waals surface area contributed by atoms with Crippen LogP contribution >= 0.6 is 15.6 Å². The molecule has 3 N–H and O–H groups in total. The third-order valence-corrected chi connectivity index (χ3v) is 4.84. The van der Waals surface area contributed by atoms with Gasteiger partial charge in [0.05, 0.1) is 6.61 Å². The zero-order valence-electron chi connectivity index (χ0n) is 12.4. The summed E-state index contributed by atoms with van der Waals surface area (Å²) in [6.07, 6.45) is 12.6. The third kappa shape index (κ3) is 16.2. The van der Waals surface area contributed by atoms with Crippen molar-refractivity contribution in [3.63, 3.8) is 0 Å². The van der Waals surface area contributed by atoms with Gasteiger partial charge in [0.25, 0.3) is 0 Å². The minimum absolute atomic E-state index is 0.232. The third-order valence-electron chi connectivity index (χ3n) is 2.68. The van der Waals surface area contributed by atoms with Crippen molar-refractivity contribution in [3.05, 3.63) is 12.2 Å². The largest absolute Gasteiger partial charge is 0.481 e. The van der Waals surface area contributed by atoms with E-state index >= 15 is 0 Å². The van der Waals surface area contributed by atoms with Crippen LogP contribution in [0, 0.1) is 0 Å². The van der Waals surface area contributed by atoms with Crippen molar-refractivity contribution in [2.45, 2.75) is 58.3 Å². The normalized spacial score (nSPS) is 15.4. The Balaban J connectivity index is 3.56. The summed E-state index contributed by atoms with van der Waals surface area (Å²) in [6.45, 7) is 1.95. The van der Waals surface area contributed by atoms with Crippen molar-refractivity contribution in [2.24, 2.45) is 0 Å². The van der Waals surface area contributed by atoms with Crippen LogP contribution in [-0.4, -0.2) is 21.3 Å². The monoisotopic (exact) mass is 344 g/mol. The molecule has 126 valence electrons. The van der Waals surface area contributed by atoms with Gasteiger partial charge in [-0.15, -0.1) is 0 Å². The molecule has 0 spiro atoms. The van der Waals surface area contributed by atoms with E-state index in [0.717, 1.165) is 19.3 Å². The number of hydrogen-bond donors (Lipinski definition) is 3. The SMILES string of the molecule is CCCCCCCCC/C=C/COP(=O)(O)OP(=O)(O)O. The molecule has 0 saturated carbocycles. The van der Waals surface area contributed by atoms with E-state index in [2.05, 4.69) is 15.8 Å². The van der Waals surface area contributed by atoms with E-state index in [4.69, 9.17) is 14.7 Å². The Morgan fingerprint density at radius 2 is 1.48 bits per heavy atom. The van der Waals surface area contributed by atoms with Crippen LogP contribution in [0.1, 0.15) is 58.3 Å². The van der Waals surface area contributed by atoms with Gasteiger partial charge >= 0.3 is 15.6 Å². The summed E-state index contributed by atoms with van der Waals surface area (Å²) in [5.74, 6) is 0. The highest BCUT2D eigenvalue weighted by Gasteiger charge is 2.31. The fourth-order valence-electron chi connectivity index (χ4n) is 1.70. The molecule has 9 heteroatoms. The van der Waals surface area contributed by atoms with E-state index in [1.807, 2.05) is 6.08 Å². The van der Waals surface area contributed by atoms with Crippen LogP contribution in [0.25, 0.3) is 0 Å². The Bertz CT molecular complexity index is 378. The van der Waals surface area contributed by atoms with E-state index in [9.17, 15) is 9.13 Å². The van der Waals surface area contributed by atoms with E-state index in [1.54, 1.807) is 0 Å². The summed E-state index contributed by atoms with van der Waals surface area (Å²) >= 11 is 0. The highest BCUT2D eigenvalue weighted by molar-refractivity contribution is 7.60. The zero-order chi connectivity index (χ0) is 16.2. The molecule has 0 fully saturated rings. The predicted octanol–water partition coefficient (Wildman–Crippen LogP) is 3.91. The highest BCUT2D eigenvalue weighted by atomic mass is 31.3. The molecular formula is C12H26O7P2. The molecule has 1 atom stereocenters. The van der Waals surface area contributed by atoms with Crippen molar-refractivity contribution in [3.8, 4) is 0 Å². The molecule has 0 heterocycles. The lowest BCUT2D eigenvalue weighted by Crippen LogP contribution is -1.93. The lowest BCUT2D eigenvalue weighted by atomic mass is 10.1. The van der Waals surface area contributed by atoms with Gasteiger partial charge in [-0.2, -0.15) is 4.31 Å². The van der Waals surface area contributed by atoms with E-state index in [0.29, 0.717) is 0 Å². The topological polar surface area (TPSA) is 113 Å². The molecule has 0 saturated heterocycles.